The van der Waals surface area contributed by atoms with Gasteiger partial charge in [0.2, 0.25) is 0 Å². The van der Waals surface area contributed by atoms with Crippen molar-refractivity contribution < 1.29 is 9.50 Å². The molecule has 0 aliphatic rings. The molecule has 0 bridgehead atoms. The average Bonchev–Trinajstić information content (AvgIpc) is 2.63. The van der Waals surface area contributed by atoms with Crippen LogP contribution in [0.15, 0.2) is 23.6 Å². The summed E-state index contributed by atoms with van der Waals surface area (Å²) < 4.78 is 15.0. The lowest BCUT2D eigenvalue weighted by Crippen LogP contribution is -2.04. The number of thiophene rings is 1. The Bertz CT molecular complexity index is 527. The largest absolute Gasteiger partial charge is 0.384 e. The van der Waals surface area contributed by atoms with E-state index in [9.17, 15) is 9.50 Å². The third kappa shape index (κ3) is 2.69. The van der Waals surface area contributed by atoms with Crippen LogP contribution in [0.4, 0.5) is 4.39 Å². The van der Waals surface area contributed by atoms with Crippen molar-refractivity contribution in [3.8, 4) is 0 Å². The molecule has 2 aromatic rings. The Kier molecular flexibility index (Phi) is 3.85. The predicted molar refractivity (Wildman–Crippen MR) is 77.0 cm³/mol. The zero-order valence-electron chi connectivity index (χ0n) is 9.50. The van der Waals surface area contributed by atoms with Crippen molar-refractivity contribution in [2.75, 3.05) is 0 Å². The van der Waals surface area contributed by atoms with E-state index in [1.807, 2.05) is 31.4 Å². The van der Waals surface area contributed by atoms with E-state index >= 15 is 0 Å². The summed E-state index contributed by atoms with van der Waals surface area (Å²) in [7, 11) is 0. The Hall–Kier alpha value is -0.460. The molecule has 1 nitrogen and oxygen atoms in total. The maximum Gasteiger partial charge on any atom is 0.129 e. The van der Waals surface area contributed by atoms with E-state index in [4.69, 9.17) is 0 Å². The van der Waals surface area contributed by atoms with Gasteiger partial charge in [-0.15, -0.1) is 11.3 Å². The first-order valence-corrected chi connectivity index (χ1v) is 7.13. The van der Waals surface area contributed by atoms with Crippen molar-refractivity contribution in [1.82, 2.24) is 0 Å². The van der Waals surface area contributed by atoms with Gasteiger partial charge in [-0.1, -0.05) is 6.07 Å². The predicted octanol–water partition coefficient (Wildman–Crippen LogP) is 4.19. The molecular weight excluding hydrogens is 350 g/mol. The average molecular weight is 362 g/mol. The molecule has 17 heavy (non-hydrogen) atoms. The number of hydrogen-bond donors (Lipinski definition) is 1. The van der Waals surface area contributed by atoms with Gasteiger partial charge in [-0.05, 0) is 70.6 Å². The van der Waals surface area contributed by atoms with Crippen molar-refractivity contribution in [1.29, 1.82) is 0 Å². The molecule has 2 rings (SSSR count). The van der Waals surface area contributed by atoms with Crippen molar-refractivity contribution >= 4 is 33.9 Å². The summed E-state index contributed by atoms with van der Waals surface area (Å²) in [5.41, 5.74) is 2.79. The van der Waals surface area contributed by atoms with Crippen LogP contribution in [-0.2, 0) is 0 Å². The number of benzene rings is 1. The fourth-order valence-corrected chi connectivity index (χ4v) is 3.30. The van der Waals surface area contributed by atoms with Crippen LogP contribution in [-0.4, -0.2) is 5.11 Å². The maximum absolute atomic E-state index is 13.9. The molecule has 1 aromatic heterocycles. The monoisotopic (exact) mass is 362 g/mol. The molecule has 0 amide bonds. The summed E-state index contributed by atoms with van der Waals surface area (Å²) in [5.74, 6) is -0.337. The minimum atomic E-state index is -0.879. The highest BCUT2D eigenvalue weighted by atomic mass is 127. The maximum atomic E-state index is 13.9. The van der Waals surface area contributed by atoms with Gasteiger partial charge < -0.3 is 5.11 Å². The van der Waals surface area contributed by atoms with Crippen LogP contribution in [0.1, 0.15) is 28.4 Å². The number of rotatable bonds is 2. The van der Waals surface area contributed by atoms with E-state index in [2.05, 4.69) is 22.6 Å². The van der Waals surface area contributed by atoms with Gasteiger partial charge >= 0.3 is 0 Å². The molecule has 0 saturated heterocycles. The van der Waals surface area contributed by atoms with Crippen LogP contribution < -0.4 is 0 Å². The first-order valence-electron chi connectivity index (χ1n) is 5.17. The van der Waals surface area contributed by atoms with Crippen molar-refractivity contribution in [3.05, 3.63) is 54.5 Å². The number of hydrogen-bond acceptors (Lipinski definition) is 2. The number of aliphatic hydroxyl groups is 1. The molecule has 0 radical (unpaired) electrons. The first kappa shape index (κ1) is 13.0. The summed E-state index contributed by atoms with van der Waals surface area (Å²) in [5, 5.41) is 12.1. The summed E-state index contributed by atoms with van der Waals surface area (Å²) in [6, 6.07) is 5.23. The molecular formula is C13H12FIOS. The van der Waals surface area contributed by atoms with Gasteiger partial charge in [0.05, 0.1) is 2.88 Å². The molecule has 1 aromatic carbocycles. The molecule has 4 heteroatoms. The quantitative estimate of drug-likeness (QED) is 0.795. The highest BCUT2D eigenvalue weighted by molar-refractivity contribution is 14.1. The lowest BCUT2D eigenvalue weighted by atomic mass is 9.97. The van der Waals surface area contributed by atoms with E-state index in [1.54, 1.807) is 11.3 Å². The summed E-state index contributed by atoms with van der Waals surface area (Å²) in [6.45, 7) is 3.67. The number of halogens is 2. The van der Waals surface area contributed by atoms with Crippen LogP contribution in [0.5, 0.6) is 0 Å². The lowest BCUT2D eigenvalue weighted by Gasteiger charge is -2.14. The first-order chi connectivity index (χ1) is 7.99. The minimum absolute atomic E-state index is 0.337. The standard InChI is InChI=1S/C13H12FIOS/c1-7-3-8(2)12(10(14)4-7)13(16)9-5-11(15)17-6-9/h3-6,13,16H,1-2H3. The van der Waals surface area contributed by atoms with Gasteiger partial charge in [-0.25, -0.2) is 4.39 Å². The van der Waals surface area contributed by atoms with E-state index in [1.165, 1.54) is 6.07 Å². The van der Waals surface area contributed by atoms with E-state index in [0.29, 0.717) is 5.56 Å². The molecule has 0 fully saturated rings. The second-order valence-electron chi connectivity index (χ2n) is 4.06. The lowest BCUT2D eigenvalue weighted by molar-refractivity contribution is 0.214. The molecule has 0 aliphatic heterocycles. The third-order valence-corrected chi connectivity index (χ3v) is 4.46. The van der Waals surface area contributed by atoms with Crippen LogP contribution >= 0.6 is 33.9 Å². The highest BCUT2D eigenvalue weighted by Crippen LogP contribution is 2.31. The fourth-order valence-electron chi connectivity index (χ4n) is 1.91. The van der Waals surface area contributed by atoms with Crippen LogP contribution in [0.3, 0.4) is 0 Å². The molecule has 90 valence electrons. The summed E-state index contributed by atoms with van der Waals surface area (Å²) in [4.78, 5) is 0. The molecule has 1 N–H and O–H groups in total. The van der Waals surface area contributed by atoms with Gasteiger partial charge in [0.25, 0.3) is 0 Å². The van der Waals surface area contributed by atoms with E-state index < -0.39 is 6.10 Å². The number of aliphatic hydroxyl groups excluding tert-OH is 1. The normalized spacial score (nSPS) is 12.8. The van der Waals surface area contributed by atoms with Crippen LogP contribution in [0, 0.1) is 22.5 Å². The topological polar surface area (TPSA) is 20.2 Å². The third-order valence-electron chi connectivity index (χ3n) is 2.66. The Morgan fingerprint density at radius 2 is 2.00 bits per heavy atom. The summed E-state index contributed by atoms with van der Waals surface area (Å²) >= 11 is 3.74. The Morgan fingerprint density at radius 1 is 1.29 bits per heavy atom. The smallest absolute Gasteiger partial charge is 0.129 e. The van der Waals surface area contributed by atoms with Gasteiger partial charge in [0.15, 0.2) is 0 Å². The van der Waals surface area contributed by atoms with Crippen LogP contribution in [0.25, 0.3) is 0 Å². The Labute approximate surface area is 117 Å². The van der Waals surface area contributed by atoms with Gasteiger partial charge in [0.1, 0.15) is 11.9 Å². The Morgan fingerprint density at radius 3 is 2.53 bits per heavy atom. The second-order valence-corrected chi connectivity index (χ2v) is 6.87. The van der Waals surface area contributed by atoms with E-state index in [-0.39, 0.29) is 5.82 Å². The molecule has 0 spiro atoms. The van der Waals surface area contributed by atoms with Gasteiger partial charge in [-0.2, -0.15) is 0 Å². The molecule has 1 unspecified atom stereocenters. The van der Waals surface area contributed by atoms with Gasteiger partial charge in [0, 0.05) is 5.56 Å². The zero-order chi connectivity index (χ0) is 12.6. The summed E-state index contributed by atoms with van der Waals surface area (Å²) in [6.07, 6.45) is -0.879. The zero-order valence-corrected chi connectivity index (χ0v) is 12.5. The highest BCUT2D eigenvalue weighted by Gasteiger charge is 2.18. The molecule has 0 aliphatic carbocycles. The van der Waals surface area contributed by atoms with Crippen molar-refractivity contribution in [2.24, 2.45) is 0 Å². The van der Waals surface area contributed by atoms with Gasteiger partial charge in [-0.3, -0.25) is 0 Å². The second kappa shape index (κ2) is 5.04. The fraction of sp³-hybridized carbons (Fsp3) is 0.231. The number of aryl methyl sites for hydroxylation is 2. The van der Waals surface area contributed by atoms with Crippen molar-refractivity contribution in [3.63, 3.8) is 0 Å². The molecule has 1 heterocycles. The molecule has 0 saturated carbocycles. The van der Waals surface area contributed by atoms with Crippen LogP contribution in [0.2, 0.25) is 0 Å². The van der Waals surface area contributed by atoms with Crippen molar-refractivity contribution in [2.45, 2.75) is 20.0 Å². The Balaban J connectivity index is 2.47. The minimum Gasteiger partial charge on any atom is -0.384 e. The molecule has 1 atom stereocenters. The SMILES string of the molecule is Cc1cc(C)c(C(O)c2csc(I)c2)c(F)c1. The van der Waals surface area contributed by atoms with E-state index in [0.717, 1.165) is 19.6 Å².